The number of amides is 1. The van der Waals surface area contributed by atoms with Crippen LogP contribution in [0.2, 0.25) is 5.02 Å². The lowest BCUT2D eigenvalue weighted by molar-refractivity contribution is -0.0376. The van der Waals surface area contributed by atoms with E-state index in [0.717, 1.165) is 41.9 Å². The molecule has 0 bridgehead atoms. The molecular formula is C25H34ClN3O3. The molecule has 7 heteroatoms. The first-order chi connectivity index (χ1) is 15.1. The van der Waals surface area contributed by atoms with Crippen molar-refractivity contribution >= 4 is 23.2 Å². The summed E-state index contributed by atoms with van der Waals surface area (Å²) < 4.78 is 5.92. The van der Waals surface area contributed by atoms with Crippen LogP contribution in [-0.4, -0.2) is 35.7 Å². The molecule has 1 aliphatic rings. The summed E-state index contributed by atoms with van der Waals surface area (Å²) in [7, 11) is 0. The summed E-state index contributed by atoms with van der Waals surface area (Å²) in [5.41, 5.74) is 4.43. The number of aromatic nitrogens is 1. The maximum absolute atomic E-state index is 13.1. The van der Waals surface area contributed by atoms with Crippen molar-refractivity contribution in [1.82, 2.24) is 10.3 Å². The number of halogens is 1. The van der Waals surface area contributed by atoms with Gasteiger partial charge in [-0.3, -0.25) is 9.59 Å². The van der Waals surface area contributed by atoms with Gasteiger partial charge in [-0.05, 0) is 83.7 Å². The second-order valence-electron chi connectivity index (χ2n) is 8.89. The Morgan fingerprint density at radius 3 is 2.44 bits per heavy atom. The third-order valence-electron chi connectivity index (χ3n) is 6.27. The van der Waals surface area contributed by atoms with Crippen LogP contribution in [0.25, 0.3) is 0 Å². The molecule has 2 heterocycles. The lowest BCUT2D eigenvalue weighted by Crippen LogP contribution is -2.44. The molecule has 1 aromatic carbocycles. The molecule has 6 nitrogen and oxygen atoms in total. The predicted molar refractivity (Wildman–Crippen MR) is 130 cm³/mol. The number of pyridine rings is 1. The Hall–Kier alpha value is -2.31. The third kappa shape index (κ3) is 5.36. The minimum Gasteiger partial charge on any atom is -0.375 e. The van der Waals surface area contributed by atoms with Crippen LogP contribution in [0.5, 0.6) is 0 Å². The molecule has 0 saturated carbocycles. The molecule has 32 heavy (non-hydrogen) atoms. The molecular weight excluding hydrogens is 426 g/mol. The van der Waals surface area contributed by atoms with Gasteiger partial charge in [0.2, 0.25) is 0 Å². The number of aromatic amines is 1. The number of hydrogen-bond acceptors (Lipinski definition) is 4. The molecule has 3 atom stereocenters. The summed E-state index contributed by atoms with van der Waals surface area (Å²) in [5, 5.41) is 3.43. The maximum atomic E-state index is 13.1. The van der Waals surface area contributed by atoms with Crippen LogP contribution in [-0.2, 0) is 11.3 Å². The summed E-state index contributed by atoms with van der Waals surface area (Å²) in [6, 6.07) is 5.86. The number of anilines is 1. The Kier molecular flexibility index (Phi) is 7.67. The van der Waals surface area contributed by atoms with E-state index in [1.807, 2.05) is 32.9 Å². The van der Waals surface area contributed by atoms with Gasteiger partial charge >= 0.3 is 0 Å². The summed E-state index contributed by atoms with van der Waals surface area (Å²) in [6.45, 7) is 13.0. The predicted octanol–water partition coefficient (Wildman–Crippen LogP) is 4.67. The van der Waals surface area contributed by atoms with Crippen molar-refractivity contribution in [2.24, 2.45) is 0 Å². The first-order valence-electron chi connectivity index (χ1n) is 11.3. The molecule has 1 saturated heterocycles. The number of hydrogen-bond donors (Lipinski definition) is 2. The van der Waals surface area contributed by atoms with Crippen LogP contribution in [0.3, 0.4) is 0 Å². The van der Waals surface area contributed by atoms with E-state index in [1.165, 1.54) is 0 Å². The molecule has 2 aromatic rings. The van der Waals surface area contributed by atoms with E-state index in [9.17, 15) is 9.59 Å². The van der Waals surface area contributed by atoms with E-state index in [-0.39, 0.29) is 30.2 Å². The Morgan fingerprint density at radius 2 is 1.84 bits per heavy atom. The van der Waals surface area contributed by atoms with Crippen molar-refractivity contribution in [3.8, 4) is 0 Å². The lowest BCUT2D eigenvalue weighted by Gasteiger charge is -2.41. The fraction of sp³-hybridized carbons (Fsp3) is 0.520. The smallest absolute Gasteiger partial charge is 0.253 e. The standard InChI is InChI=1S/C25H34ClN3O3/c1-7-29(20-9-16(4)32-17(5)10-20)23-12-19(26)11-21(18(23)6)24(30)27-13-22-14(2)8-15(3)28-25(22)31/h8,11-12,16-17,20H,7,9-10,13H2,1-6H3,(H,27,30)(H,28,31)/t16-,17+,20?. The molecule has 0 aliphatic carbocycles. The Balaban J connectivity index is 1.87. The molecule has 1 amide bonds. The van der Waals surface area contributed by atoms with Crippen molar-refractivity contribution in [2.45, 2.75) is 79.2 Å². The topological polar surface area (TPSA) is 74.4 Å². The van der Waals surface area contributed by atoms with Crippen LogP contribution in [0.1, 0.15) is 66.4 Å². The second-order valence-corrected chi connectivity index (χ2v) is 9.33. The number of H-pyrrole nitrogens is 1. The molecule has 1 aliphatic heterocycles. The van der Waals surface area contributed by atoms with Crippen LogP contribution >= 0.6 is 11.6 Å². The van der Waals surface area contributed by atoms with Crippen molar-refractivity contribution in [3.63, 3.8) is 0 Å². The first kappa shape index (κ1) is 24.3. The quantitative estimate of drug-likeness (QED) is 0.658. The fourth-order valence-corrected chi connectivity index (χ4v) is 5.03. The van der Waals surface area contributed by atoms with E-state index in [4.69, 9.17) is 16.3 Å². The SMILES string of the molecule is CCN(c1cc(Cl)cc(C(=O)NCc2c(C)cc(C)[nH]c2=O)c1C)C1C[C@@H](C)O[C@@H](C)C1. The third-order valence-corrected chi connectivity index (χ3v) is 6.49. The number of nitrogens with zero attached hydrogens (tertiary/aromatic N) is 1. The number of ether oxygens (including phenoxy) is 1. The number of nitrogens with one attached hydrogen (secondary N) is 2. The molecule has 2 N–H and O–H groups in total. The van der Waals surface area contributed by atoms with Gasteiger partial charge in [-0.1, -0.05) is 11.6 Å². The largest absolute Gasteiger partial charge is 0.375 e. The van der Waals surface area contributed by atoms with E-state index in [2.05, 4.69) is 36.0 Å². The summed E-state index contributed by atoms with van der Waals surface area (Å²) in [4.78, 5) is 30.5. The van der Waals surface area contributed by atoms with E-state index >= 15 is 0 Å². The first-order valence-corrected chi connectivity index (χ1v) is 11.7. The molecule has 0 spiro atoms. The van der Waals surface area contributed by atoms with Crippen LogP contribution in [0.15, 0.2) is 23.0 Å². The minimum absolute atomic E-state index is 0.161. The molecule has 1 unspecified atom stereocenters. The number of aryl methyl sites for hydroxylation is 2. The van der Waals surface area contributed by atoms with Gasteiger partial charge in [0.05, 0.1) is 12.2 Å². The van der Waals surface area contributed by atoms with Crippen molar-refractivity contribution in [2.75, 3.05) is 11.4 Å². The highest BCUT2D eigenvalue weighted by Gasteiger charge is 2.30. The van der Waals surface area contributed by atoms with Gasteiger partial charge in [-0.25, -0.2) is 0 Å². The van der Waals surface area contributed by atoms with Gasteiger partial charge in [0.15, 0.2) is 0 Å². The van der Waals surface area contributed by atoms with Crippen LogP contribution < -0.4 is 15.8 Å². The zero-order valence-electron chi connectivity index (χ0n) is 19.8. The lowest BCUT2D eigenvalue weighted by atomic mass is 9.96. The second kappa shape index (κ2) is 10.1. The normalized spacial score (nSPS) is 20.8. The molecule has 1 aromatic heterocycles. The van der Waals surface area contributed by atoms with E-state index in [1.54, 1.807) is 6.07 Å². The van der Waals surface area contributed by atoms with E-state index in [0.29, 0.717) is 22.2 Å². The number of rotatable bonds is 6. The van der Waals surface area contributed by atoms with Gasteiger partial charge in [0.1, 0.15) is 0 Å². The van der Waals surface area contributed by atoms with Crippen molar-refractivity contribution < 1.29 is 9.53 Å². The summed E-state index contributed by atoms with van der Waals surface area (Å²) >= 11 is 6.46. The highest BCUT2D eigenvalue weighted by atomic mass is 35.5. The highest BCUT2D eigenvalue weighted by molar-refractivity contribution is 6.31. The van der Waals surface area contributed by atoms with Gasteiger partial charge in [-0.2, -0.15) is 0 Å². The zero-order valence-corrected chi connectivity index (χ0v) is 20.6. The van der Waals surface area contributed by atoms with Crippen molar-refractivity contribution in [3.05, 3.63) is 61.5 Å². The zero-order chi connectivity index (χ0) is 23.6. The van der Waals surface area contributed by atoms with Crippen LogP contribution in [0, 0.1) is 20.8 Å². The maximum Gasteiger partial charge on any atom is 0.253 e. The Morgan fingerprint density at radius 1 is 1.19 bits per heavy atom. The summed E-state index contributed by atoms with van der Waals surface area (Å²) in [5.74, 6) is -0.240. The van der Waals surface area contributed by atoms with Gasteiger partial charge < -0.3 is 19.9 Å². The minimum atomic E-state index is -0.240. The van der Waals surface area contributed by atoms with Crippen molar-refractivity contribution in [1.29, 1.82) is 0 Å². The molecule has 174 valence electrons. The van der Waals surface area contributed by atoms with Crippen LogP contribution in [0.4, 0.5) is 5.69 Å². The average Bonchev–Trinajstić information content (AvgIpc) is 2.69. The average molecular weight is 460 g/mol. The Labute approximate surface area is 195 Å². The number of benzene rings is 1. The molecule has 0 radical (unpaired) electrons. The van der Waals surface area contributed by atoms with Gasteiger partial charge in [0, 0.05) is 46.7 Å². The number of carbonyl (C=O) groups excluding carboxylic acids is 1. The van der Waals surface area contributed by atoms with Gasteiger partial charge in [-0.15, -0.1) is 0 Å². The monoisotopic (exact) mass is 459 g/mol. The molecule has 1 fully saturated rings. The molecule has 3 rings (SSSR count). The van der Waals surface area contributed by atoms with Gasteiger partial charge in [0.25, 0.3) is 11.5 Å². The number of carbonyl (C=O) groups is 1. The van der Waals surface area contributed by atoms with E-state index < -0.39 is 0 Å². The summed E-state index contributed by atoms with van der Waals surface area (Å²) in [6.07, 6.45) is 2.24. The fourth-order valence-electron chi connectivity index (χ4n) is 4.81. The Bertz CT molecular complexity index is 1040. The highest BCUT2D eigenvalue weighted by Crippen LogP contribution is 2.33.